The Kier molecular flexibility index (Phi) is 7.63. The Hall–Kier alpha value is -2.80. The van der Waals surface area contributed by atoms with Gasteiger partial charge in [-0.15, -0.1) is 11.8 Å². The number of ether oxygens (including phenoxy) is 1. The van der Waals surface area contributed by atoms with Crippen LogP contribution in [0.15, 0.2) is 47.4 Å². The quantitative estimate of drug-likeness (QED) is 0.543. The molecule has 148 valence electrons. The minimum atomic E-state index is -0.914. The Morgan fingerprint density at radius 1 is 0.964 bits per heavy atom. The number of carbonyl (C=O) groups excluding carboxylic acids is 3. The molecule has 0 heterocycles. The molecule has 0 aromatic heterocycles. The fourth-order valence-electron chi connectivity index (χ4n) is 2.31. The molecule has 2 rings (SSSR count). The smallest absolute Gasteiger partial charge is 0.317 e. The third kappa shape index (κ3) is 6.74. The topological polar surface area (TPSA) is 84.5 Å². The summed E-state index contributed by atoms with van der Waals surface area (Å²) in [5.41, 5.74) is 3.54. The Bertz CT molecular complexity index is 865. The highest BCUT2D eigenvalue weighted by molar-refractivity contribution is 8.00. The zero-order chi connectivity index (χ0) is 20.7. The summed E-state index contributed by atoms with van der Waals surface area (Å²) < 4.78 is 5.21. The lowest BCUT2D eigenvalue weighted by Gasteiger charge is -2.14. The molecule has 7 heteroatoms. The van der Waals surface area contributed by atoms with E-state index < -0.39 is 18.0 Å². The molecule has 2 aromatic rings. The van der Waals surface area contributed by atoms with E-state index in [0.29, 0.717) is 11.4 Å². The lowest BCUT2D eigenvalue weighted by molar-refractivity contribution is -0.150. The Morgan fingerprint density at radius 2 is 1.57 bits per heavy atom. The maximum Gasteiger partial charge on any atom is 0.317 e. The molecule has 0 saturated heterocycles. The molecule has 0 aliphatic heterocycles. The molecular formula is C21H24N2O4S. The maximum absolute atomic E-state index is 12.2. The highest BCUT2D eigenvalue weighted by Crippen LogP contribution is 2.21. The van der Waals surface area contributed by atoms with Gasteiger partial charge in [0, 0.05) is 23.2 Å². The fourth-order valence-corrected chi connectivity index (χ4v) is 3.09. The van der Waals surface area contributed by atoms with E-state index in [4.69, 9.17) is 4.74 Å². The molecule has 2 aromatic carbocycles. The Balaban J connectivity index is 1.81. The summed E-state index contributed by atoms with van der Waals surface area (Å²) in [5, 5.41) is 5.32. The van der Waals surface area contributed by atoms with Crippen molar-refractivity contribution in [3.63, 3.8) is 0 Å². The van der Waals surface area contributed by atoms with Gasteiger partial charge in [0.15, 0.2) is 6.10 Å². The molecular weight excluding hydrogens is 376 g/mol. The molecule has 0 aliphatic carbocycles. The minimum absolute atomic E-state index is 0.130. The number of carbonyl (C=O) groups is 3. The number of hydrogen-bond acceptors (Lipinski definition) is 5. The van der Waals surface area contributed by atoms with Crippen molar-refractivity contribution in [3.8, 4) is 0 Å². The van der Waals surface area contributed by atoms with E-state index in [9.17, 15) is 14.4 Å². The monoisotopic (exact) mass is 400 g/mol. The zero-order valence-corrected chi connectivity index (χ0v) is 17.2. The van der Waals surface area contributed by atoms with E-state index in [1.54, 1.807) is 24.3 Å². The molecule has 2 amide bonds. The normalized spacial score (nSPS) is 11.4. The van der Waals surface area contributed by atoms with Crippen molar-refractivity contribution in [2.75, 3.05) is 16.4 Å². The molecule has 0 radical (unpaired) electrons. The second-order valence-corrected chi connectivity index (χ2v) is 7.46. The summed E-state index contributed by atoms with van der Waals surface area (Å²) in [5.74, 6) is -0.911. The average molecular weight is 401 g/mol. The number of benzene rings is 2. The number of amides is 2. The third-order valence-corrected chi connectivity index (χ3v) is 4.95. The molecule has 0 spiro atoms. The summed E-state index contributed by atoms with van der Waals surface area (Å²) in [6.07, 6.45) is -0.914. The van der Waals surface area contributed by atoms with E-state index in [1.807, 2.05) is 32.0 Å². The lowest BCUT2D eigenvalue weighted by Crippen LogP contribution is -2.30. The van der Waals surface area contributed by atoms with Gasteiger partial charge in [-0.05, 0) is 68.3 Å². The van der Waals surface area contributed by atoms with E-state index in [0.717, 1.165) is 10.5 Å². The van der Waals surface area contributed by atoms with Gasteiger partial charge in [-0.2, -0.15) is 0 Å². The van der Waals surface area contributed by atoms with Gasteiger partial charge in [0.05, 0.1) is 5.75 Å². The standard InChI is InChI=1S/C21H24N2O4S/c1-13-5-10-19(11-14(13)2)28-12-20(25)27-15(3)21(26)23-18-8-6-17(7-9-18)22-16(4)24/h5-11,15H,12H2,1-4H3,(H,22,24)(H,23,26)/t15-/m0/s1. The Labute approximate surface area is 169 Å². The van der Waals surface area contributed by atoms with Crippen molar-refractivity contribution >= 4 is 40.9 Å². The Morgan fingerprint density at radius 3 is 2.14 bits per heavy atom. The third-order valence-electron chi connectivity index (χ3n) is 3.99. The predicted octanol–water partition coefficient (Wildman–Crippen LogP) is 3.92. The van der Waals surface area contributed by atoms with Crippen LogP contribution in [0.25, 0.3) is 0 Å². The van der Waals surface area contributed by atoms with Gasteiger partial charge in [0.25, 0.3) is 5.91 Å². The van der Waals surface area contributed by atoms with Crippen molar-refractivity contribution in [1.82, 2.24) is 0 Å². The molecule has 28 heavy (non-hydrogen) atoms. The van der Waals surface area contributed by atoms with Crippen LogP contribution in [0.1, 0.15) is 25.0 Å². The van der Waals surface area contributed by atoms with Crippen LogP contribution in [0.2, 0.25) is 0 Å². The lowest BCUT2D eigenvalue weighted by atomic mass is 10.1. The van der Waals surface area contributed by atoms with Crippen LogP contribution in [0.3, 0.4) is 0 Å². The molecule has 6 nitrogen and oxygen atoms in total. The van der Waals surface area contributed by atoms with Crippen LogP contribution >= 0.6 is 11.8 Å². The highest BCUT2D eigenvalue weighted by atomic mass is 32.2. The van der Waals surface area contributed by atoms with Gasteiger partial charge in [-0.1, -0.05) is 6.07 Å². The summed E-state index contributed by atoms with van der Waals surface area (Å²) in [6, 6.07) is 12.7. The van der Waals surface area contributed by atoms with Crippen molar-refractivity contribution in [2.45, 2.75) is 38.7 Å². The van der Waals surface area contributed by atoms with Crippen molar-refractivity contribution < 1.29 is 19.1 Å². The van der Waals surface area contributed by atoms with Gasteiger partial charge >= 0.3 is 5.97 Å². The van der Waals surface area contributed by atoms with Crippen LogP contribution in [0.4, 0.5) is 11.4 Å². The number of nitrogens with one attached hydrogen (secondary N) is 2. The first-order chi connectivity index (χ1) is 13.2. The second kappa shape index (κ2) is 9.94. The second-order valence-electron chi connectivity index (χ2n) is 6.41. The highest BCUT2D eigenvalue weighted by Gasteiger charge is 2.18. The van der Waals surface area contributed by atoms with Crippen LogP contribution in [-0.4, -0.2) is 29.6 Å². The molecule has 0 aliphatic rings. The summed E-state index contributed by atoms with van der Waals surface area (Å²) in [6.45, 7) is 7.00. The number of anilines is 2. The van der Waals surface area contributed by atoms with Gasteiger partial charge in [0.1, 0.15) is 0 Å². The van der Waals surface area contributed by atoms with E-state index in [-0.39, 0.29) is 11.7 Å². The first kappa shape index (κ1) is 21.5. The minimum Gasteiger partial charge on any atom is -0.452 e. The maximum atomic E-state index is 12.2. The van der Waals surface area contributed by atoms with Crippen molar-refractivity contribution in [1.29, 1.82) is 0 Å². The number of rotatable bonds is 7. The summed E-state index contributed by atoms with van der Waals surface area (Å²) in [4.78, 5) is 36.2. The van der Waals surface area contributed by atoms with Gasteiger partial charge in [-0.25, -0.2) is 0 Å². The molecule has 2 N–H and O–H groups in total. The molecule has 0 fully saturated rings. The molecule has 0 saturated carbocycles. The van der Waals surface area contributed by atoms with Crippen LogP contribution < -0.4 is 10.6 Å². The molecule has 1 atom stereocenters. The molecule has 0 bridgehead atoms. The SMILES string of the molecule is CC(=O)Nc1ccc(NC(=O)[C@H](C)OC(=O)CSc2ccc(C)c(C)c2)cc1. The number of esters is 1. The zero-order valence-electron chi connectivity index (χ0n) is 16.4. The van der Waals surface area contributed by atoms with Crippen molar-refractivity contribution in [2.24, 2.45) is 0 Å². The number of hydrogen-bond donors (Lipinski definition) is 2. The summed E-state index contributed by atoms with van der Waals surface area (Å²) in [7, 11) is 0. The first-order valence-electron chi connectivity index (χ1n) is 8.82. The van der Waals surface area contributed by atoms with Gasteiger partial charge in [-0.3, -0.25) is 14.4 Å². The van der Waals surface area contributed by atoms with Gasteiger partial charge < -0.3 is 15.4 Å². The van der Waals surface area contributed by atoms with Crippen molar-refractivity contribution in [3.05, 3.63) is 53.6 Å². The average Bonchev–Trinajstić information content (AvgIpc) is 2.63. The van der Waals surface area contributed by atoms with Crippen LogP contribution in [0.5, 0.6) is 0 Å². The fraction of sp³-hybridized carbons (Fsp3) is 0.286. The van der Waals surface area contributed by atoms with Gasteiger partial charge in [0.2, 0.25) is 5.91 Å². The number of thioether (sulfide) groups is 1. The number of aryl methyl sites for hydroxylation is 2. The first-order valence-corrected chi connectivity index (χ1v) is 9.81. The van der Waals surface area contributed by atoms with Crippen LogP contribution in [0, 0.1) is 13.8 Å². The predicted molar refractivity (Wildman–Crippen MR) is 112 cm³/mol. The van der Waals surface area contributed by atoms with E-state index in [1.165, 1.54) is 31.2 Å². The van der Waals surface area contributed by atoms with Crippen LogP contribution in [-0.2, 0) is 19.1 Å². The van der Waals surface area contributed by atoms with E-state index >= 15 is 0 Å². The molecule has 0 unspecified atom stereocenters. The van der Waals surface area contributed by atoms with E-state index in [2.05, 4.69) is 10.6 Å². The largest absolute Gasteiger partial charge is 0.452 e. The summed E-state index contributed by atoms with van der Waals surface area (Å²) >= 11 is 1.37.